The average Bonchev–Trinajstić information content (AvgIpc) is 2.48. The summed E-state index contributed by atoms with van der Waals surface area (Å²) in [5, 5.41) is 9.94. The second-order valence-electron chi connectivity index (χ2n) is 4.54. The van der Waals surface area contributed by atoms with E-state index in [0.717, 1.165) is 3.57 Å². The Hall–Kier alpha value is -2.33. The zero-order chi connectivity index (χ0) is 15.0. The minimum absolute atomic E-state index is 0.0208. The summed E-state index contributed by atoms with van der Waals surface area (Å²) in [5.74, 6) is 0. The van der Waals surface area contributed by atoms with Gasteiger partial charge in [0, 0.05) is 14.6 Å². The lowest BCUT2D eigenvalue weighted by molar-refractivity contribution is 1.04. The summed E-state index contributed by atoms with van der Waals surface area (Å²) < 4.78 is 2.53. The van der Waals surface area contributed by atoms with Gasteiger partial charge in [-0.2, -0.15) is 5.26 Å². The predicted octanol–water partition coefficient (Wildman–Crippen LogP) is 3.05. The number of pyridine rings is 1. The van der Waals surface area contributed by atoms with Crippen LogP contribution in [0.5, 0.6) is 0 Å². The van der Waals surface area contributed by atoms with Crippen molar-refractivity contribution in [1.82, 2.24) is 4.57 Å². The molecule has 21 heavy (non-hydrogen) atoms. The van der Waals surface area contributed by atoms with E-state index in [2.05, 4.69) is 22.6 Å². The third-order valence-electron chi connectivity index (χ3n) is 3.30. The van der Waals surface area contributed by atoms with E-state index in [4.69, 9.17) is 5.73 Å². The summed E-state index contributed by atoms with van der Waals surface area (Å²) >= 11 is 2.18. The number of rotatable bonds is 1. The second kappa shape index (κ2) is 5.22. The minimum Gasteiger partial charge on any atom is -0.397 e. The topological polar surface area (TPSA) is 71.8 Å². The third-order valence-corrected chi connectivity index (χ3v) is 3.97. The SMILES string of the molecule is N#Cc1c(N)c2ccc(I)cc2n(-c2ccccc2)c1=O. The van der Waals surface area contributed by atoms with Crippen molar-refractivity contribution in [2.75, 3.05) is 5.73 Å². The molecule has 0 spiro atoms. The van der Waals surface area contributed by atoms with E-state index < -0.39 is 5.56 Å². The molecule has 3 aromatic rings. The lowest BCUT2D eigenvalue weighted by atomic mass is 10.1. The summed E-state index contributed by atoms with van der Waals surface area (Å²) in [7, 11) is 0. The van der Waals surface area contributed by atoms with Crippen molar-refractivity contribution in [3.8, 4) is 11.8 Å². The molecular weight excluding hydrogens is 377 g/mol. The van der Waals surface area contributed by atoms with Crippen LogP contribution in [0.1, 0.15) is 5.56 Å². The summed E-state index contributed by atoms with van der Waals surface area (Å²) in [6.07, 6.45) is 0. The molecule has 0 saturated carbocycles. The molecule has 2 aromatic carbocycles. The molecule has 2 N–H and O–H groups in total. The number of para-hydroxylation sites is 1. The Morgan fingerprint density at radius 2 is 1.86 bits per heavy atom. The van der Waals surface area contributed by atoms with Gasteiger partial charge in [-0.15, -0.1) is 0 Å². The van der Waals surface area contributed by atoms with Gasteiger partial charge in [0.05, 0.1) is 11.2 Å². The van der Waals surface area contributed by atoms with Crippen LogP contribution in [0.3, 0.4) is 0 Å². The molecule has 1 heterocycles. The molecule has 0 aliphatic rings. The molecule has 0 bridgehead atoms. The zero-order valence-corrected chi connectivity index (χ0v) is 13.0. The molecule has 0 atom stereocenters. The van der Waals surface area contributed by atoms with Crippen molar-refractivity contribution in [2.24, 2.45) is 0 Å². The van der Waals surface area contributed by atoms with Gasteiger partial charge in [0.15, 0.2) is 0 Å². The second-order valence-corrected chi connectivity index (χ2v) is 5.78. The number of halogens is 1. The van der Waals surface area contributed by atoms with Crippen LogP contribution in [-0.4, -0.2) is 4.57 Å². The highest BCUT2D eigenvalue weighted by molar-refractivity contribution is 14.1. The normalized spacial score (nSPS) is 10.5. The monoisotopic (exact) mass is 387 g/mol. The molecule has 102 valence electrons. The van der Waals surface area contributed by atoms with Crippen molar-refractivity contribution in [1.29, 1.82) is 5.26 Å². The van der Waals surface area contributed by atoms with E-state index in [1.54, 1.807) is 0 Å². The van der Waals surface area contributed by atoms with E-state index in [0.29, 0.717) is 16.6 Å². The van der Waals surface area contributed by atoms with Crippen LogP contribution in [0.15, 0.2) is 53.3 Å². The van der Waals surface area contributed by atoms with E-state index in [1.807, 2.05) is 54.6 Å². The van der Waals surface area contributed by atoms with Gasteiger partial charge in [-0.25, -0.2) is 0 Å². The number of nitrogens with two attached hydrogens (primary N) is 1. The van der Waals surface area contributed by atoms with Gasteiger partial charge < -0.3 is 5.73 Å². The van der Waals surface area contributed by atoms with Gasteiger partial charge in [-0.1, -0.05) is 18.2 Å². The van der Waals surface area contributed by atoms with Crippen LogP contribution in [0.4, 0.5) is 5.69 Å². The van der Waals surface area contributed by atoms with Crippen molar-refractivity contribution < 1.29 is 0 Å². The molecular formula is C16H10IN3O. The number of benzene rings is 2. The first kappa shape index (κ1) is 13.6. The highest BCUT2D eigenvalue weighted by Crippen LogP contribution is 2.25. The van der Waals surface area contributed by atoms with E-state index in [1.165, 1.54) is 4.57 Å². The number of nitrogens with zero attached hydrogens (tertiary/aromatic N) is 2. The highest BCUT2D eigenvalue weighted by atomic mass is 127. The quantitative estimate of drug-likeness (QED) is 0.653. The number of fused-ring (bicyclic) bond motifs is 1. The van der Waals surface area contributed by atoms with Crippen molar-refractivity contribution in [2.45, 2.75) is 0 Å². The van der Waals surface area contributed by atoms with Crippen LogP contribution in [0.25, 0.3) is 16.6 Å². The molecule has 4 nitrogen and oxygen atoms in total. The fourth-order valence-electron chi connectivity index (χ4n) is 2.33. The number of anilines is 1. The Labute approximate surface area is 134 Å². The molecule has 0 unspecified atom stereocenters. The maximum absolute atomic E-state index is 12.6. The van der Waals surface area contributed by atoms with Crippen LogP contribution < -0.4 is 11.3 Å². The van der Waals surface area contributed by atoms with Gasteiger partial charge in [0.2, 0.25) is 0 Å². The fourth-order valence-corrected chi connectivity index (χ4v) is 2.80. The number of hydrogen-bond acceptors (Lipinski definition) is 3. The Bertz CT molecular complexity index is 940. The van der Waals surface area contributed by atoms with Gasteiger partial charge in [0.1, 0.15) is 11.6 Å². The average molecular weight is 387 g/mol. The Balaban J connectivity index is 2.57. The summed E-state index contributed by atoms with van der Waals surface area (Å²) in [6, 6.07) is 16.8. The molecule has 0 aliphatic carbocycles. The van der Waals surface area contributed by atoms with E-state index in [9.17, 15) is 10.1 Å². The summed E-state index contributed by atoms with van der Waals surface area (Å²) in [5.41, 5.74) is 7.23. The van der Waals surface area contributed by atoms with Crippen LogP contribution in [-0.2, 0) is 0 Å². The minimum atomic E-state index is -0.393. The maximum atomic E-state index is 12.6. The number of aromatic nitrogens is 1. The number of nitrogen functional groups attached to an aromatic ring is 1. The molecule has 0 radical (unpaired) electrons. The van der Waals surface area contributed by atoms with Gasteiger partial charge in [-0.3, -0.25) is 9.36 Å². The lowest BCUT2D eigenvalue weighted by Gasteiger charge is -2.13. The number of hydrogen-bond donors (Lipinski definition) is 1. The van der Waals surface area contributed by atoms with Crippen LogP contribution >= 0.6 is 22.6 Å². The van der Waals surface area contributed by atoms with Gasteiger partial charge in [0.25, 0.3) is 5.56 Å². The van der Waals surface area contributed by atoms with E-state index in [-0.39, 0.29) is 11.3 Å². The Kier molecular flexibility index (Phi) is 3.39. The van der Waals surface area contributed by atoms with E-state index >= 15 is 0 Å². The van der Waals surface area contributed by atoms with Gasteiger partial charge in [-0.05, 0) is 52.9 Å². The predicted molar refractivity (Wildman–Crippen MR) is 91.4 cm³/mol. The molecule has 0 saturated heterocycles. The highest BCUT2D eigenvalue weighted by Gasteiger charge is 2.15. The molecule has 1 aromatic heterocycles. The van der Waals surface area contributed by atoms with Crippen molar-refractivity contribution >= 4 is 39.2 Å². The Morgan fingerprint density at radius 3 is 2.52 bits per heavy atom. The zero-order valence-electron chi connectivity index (χ0n) is 10.9. The first-order chi connectivity index (χ1) is 10.1. The van der Waals surface area contributed by atoms with Crippen LogP contribution in [0, 0.1) is 14.9 Å². The molecule has 3 rings (SSSR count). The van der Waals surface area contributed by atoms with Crippen molar-refractivity contribution in [3.63, 3.8) is 0 Å². The maximum Gasteiger partial charge on any atom is 0.275 e. The fraction of sp³-hybridized carbons (Fsp3) is 0. The lowest BCUT2D eigenvalue weighted by Crippen LogP contribution is -2.23. The largest absolute Gasteiger partial charge is 0.397 e. The third kappa shape index (κ3) is 2.17. The van der Waals surface area contributed by atoms with Gasteiger partial charge >= 0.3 is 0 Å². The smallest absolute Gasteiger partial charge is 0.275 e. The summed E-state index contributed by atoms with van der Waals surface area (Å²) in [6.45, 7) is 0. The van der Waals surface area contributed by atoms with Crippen molar-refractivity contribution in [3.05, 3.63) is 68.0 Å². The molecule has 0 fully saturated rings. The summed E-state index contributed by atoms with van der Waals surface area (Å²) in [4.78, 5) is 12.6. The standard InChI is InChI=1S/C16H10IN3O/c17-10-6-7-12-14(8-10)20(11-4-2-1-3-5-11)16(21)13(9-18)15(12)19/h1-8H,19H2. The number of nitriles is 1. The molecule has 0 aliphatic heterocycles. The first-order valence-corrected chi connectivity index (χ1v) is 7.30. The molecule has 5 heteroatoms. The first-order valence-electron chi connectivity index (χ1n) is 6.22. The molecule has 0 amide bonds. The van der Waals surface area contributed by atoms with Crippen LogP contribution in [0.2, 0.25) is 0 Å². The Morgan fingerprint density at radius 1 is 1.14 bits per heavy atom.